The molecule has 0 spiro atoms. The fraction of sp³-hybridized carbons (Fsp3) is 0.472. The minimum Gasteiger partial charge on any atom is -1.00 e. The van der Waals surface area contributed by atoms with Gasteiger partial charge in [0.15, 0.2) is 47.2 Å². The minimum absolute atomic E-state index is 0. The van der Waals surface area contributed by atoms with E-state index >= 15 is 0 Å². The van der Waals surface area contributed by atoms with Gasteiger partial charge in [-0.3, -0.25) is 0 Å². The summed E-state index contributed by atoms with van der Waals surface area (Å²) in [7, 11) is 3.22. The Labute approximate surface area is 322 Å². The first-order chi connectivity index (χ1) is 24.0. The number of rotatable bonds is 13. The van der Waals surface area contributed by atoms with Gasteiger partial charge in [0.05, 0.1) is 27.4 Å². The number of carbonyl (C=O) groups is 1. The van der Waals surface area contributed by atoms with E-state index in [4.69, 9.17) is 42.0 Å². The van der Waals surface area contributed by atoms with Crippen LogP contribution < -0.4 is 28.3 Å². The van der Waals surface area contributed by atoms with Crippen LogP contribution in [0.5, 0.6) is 11.5 Å². The van der Waals surface area contributed by atoms with Crippen molar-refractivity contribution < 1.29 is 72.2 Å². The molecule has 13 nitrogen and oxygen atoms in total. The smallest absolute Gasteiger partial charge is 1.00 e. The summed E-state index contributed by atoms with van der Waals surface area (Å²) in [5.74, 6) is 2.62. The van der Waals surface area contributed by atoms with Gasteiger partial charge in [-0.15, -0.1) is 0 Å². The van der Waals surface area contributed by atoms with E-state index in [0.717, 1.165) is 67.8 Å². The van der Waals surface area contributed by atoms with Gasteiger partial charge in [-0.05, 0) is 94.0 Å². The summed E-state index contributed by atoms with van der Waals surface area (Å²) in [5.41, 5.74) is 2.18. The number of hydrogen-bond donors (Lipinski definition) is 1. The number of nitrogens with zero attached hydrogens (tertiary/aromatic N) is 2. The van der Waals surface area contributed by atoms with Gasteiger partial charge in [-0.1, -0.05) is 0 Å². The zero-order valence-corrected chi connectivity index (χ0v) is 29.2. The number of aliphatic hydroxyl groups excluding tert-OH is 1. The molecule has 272 valence electrons. The maximum atomic E-state index is 12.2. The Morgan fingerprint density at radius 2 is 1.27 bits per heavy atom. The number of aromatic nitrogens is 2. The zero-order chi connectivity index (χ0) is 34.4. The summed E-state index contributed by atoms with van der Waals surface area (Å²) in [4.78, 5) is 20.9. The van der Waals surface area contributed by atoms with Gasteiger partial charge in [-0.25, -0.2) is 14.8 Å². The molecule has 0 bridgehead atoms. The molecule has 0 amide bonds. The van der Waals surface area contributed by atoms with Gasteiger partial charge in [0.2, 0.25) is 11.8 Å². The normalized spacial score (nSPS) is 16.9. The van der Waals surface area contributed by atoms with Crippen molar-refractivity contribution >= 4 is 23.3 Å². The van der Waals surface area contributed by atoms with Crippen LogP contribution in [0.25, 0.3) is 22.9 Å². The standard InChI is InChI=1S/C19H23NO6.C17H21NO5.Al.Li.4H/c1-3-23-19(21)17-15(12-25-16-6-4-5-11-24-16)26-18(20-17)13-7-9-14(22-2)10-8-13;1-20-13-7-5-12(6-8-13)17-18-14(10-19)15(23-17)11-22-16-4-2-3-9-21-16;;;;;;/h7-10,16H,3-6,11-12H2,1-2H3;5-8,16,19H,2-4,9-11H2,1H3;;;;;;/q;;;+1;;;;-1. The van der Waals surface area contributed by atoms with Crippen molar-refractivity contribution in [1.82, 2.24) is 9.97 Å². The third kappa shape index (κ3) is 12.2. The molecular formula is C36H48AlLiN2O11. The van der Waals surface area contributed by atoms with E-state index in [1.165, 1.54) is 0 Å². The molecule has 2 aliphatic rings. The van der Waals surface area contributed by atoms with Crippen molar-refractivity contribution in [3.8, 4) is 34.4 Å². The minimum atomic E-state index is -0.529. The molecule has 4 aromatic rings. The SMILES string of the molecule is CCOC(=O)c1nc(-c2ccc(OC)cc2)oc1COC1CCCCO1.COc1ccc(-c2nc(CO)c(COC3CCCCO3)o2)cc1.[AlH3].[H-].[Li+]. The number of oxazole rings is 2. The average Bonchev–Trinajstić information content (AvgIpc) is 3.79. The van der Waals surface area contributed by atoms with E-state index in [2.05, 4.69) is 9.97 Å². The molecule has 0 saturated carbocycles. The quantitative estimate of drug-likeness (QED) is 0.159. The van der Waals surface area contributed by atoms with Crippen LogP contribution in [0, 0.1) is 0 Å². The van der Waals surface area contributed by atoms with Crippen LogP contribution in [0.2, 0.25) is 0 Å². The molecule has 15 heteroatoms. The van der Waals surface area contributed by atoms with Crippen LogP contribution in [0.15, 0.2) is 57.4 Å². The first kappa shape index (κ1) is 42.3. The van der Waals surface area contributed by atoms with Crippen molar-refractivity contribution in [2.45, 2.75) is 77.8 Å². The van der Waals surface area contributed by atoms with Crippen LogP contribution in [0.1, 0.15) is 74.6 Å². The molecule has 4 heterocycles. The molecule has 2 unspecified atom stereocenters. The second-order valence-corrected chi connectivity index (χ2v) is 11.2. The van der Waals surface area contributed by atoms with Crippen LogP contribution in [-0.4, -0.2) is 85.0 Å². The maximum absolute atomic E-state index is 12.2. The van der Waals surface area contributed by atoms with Crippen LogP contribution in [0.3, 0.4) is 0 Å². The summed E-state index contributed by atoms with van der Waals surface area (Å²) in [6.45, 7) is 3.56. The van der Waals surface area contributed by atoms with Gasteiger partial charge in [0.1, 0.15) is 30.4 Å². The summed E-state index contributed by atoms with van der Waals surface area (Å²) in [6.07, 6.45) is 5.50. The number of hydrogen-bond acceptors (Lipinski definition) is 13. The second-order valence-electron chi connectivity index (χ2n) is 11.2. The number of methoxy groups -OCH3 is 2. The third-order valence-electron chi connectivity index (χ3n) is 7.84. The molecule has 6 rings (SSSR count). The van der Waals surface area contributed by atoms with Crippen molar-refractivity contribution in [2.75, 3.05) is 34.0 Å². The molecule has 0 aliphatic carbocycles. The first-order valence-electron chi connectivity index (χ1n) is 16.5. The van der Waals surface area contributed by atoms with E-state index in [1.54, 1.807) is 33.3 Å². The van der Waals surface area contributed by atoms with Crippen molar-refractivity contribution in [1.29, 1.82) is 0 Å². The Kier molecular flexibility index (Phi) is 18.3. The van der Waals surface area contributed by atoms with Crippen LogP contribution >= 0.6 is 0 Å². The summed E-state index contributed by atoms with van der Waals surface area (Å²) < 4.78 is 49.5. The van der Waals surface area contributed by atoms with Gasteiger partial charge in [0, 0.05) is 24.3 Å². The monoisotopic (exact) mass is 718 g/mol. The largest absolute Gasteiger partial charge is 1.00 e. The number of aliphatic hydroxyl groups is 1. The van der Waals surface area contributed by atoms with Gasteiger partial charge in [-0.2, -0.15) is 0 Å². The van der Waals surface area contributed by atoms with Gasteiger partial charge >= 0.3 is 24.8 Å². The number of esters is 1. The van der Waals surface area contributed by atoms with Crippen LogP contribution in [-0.2, 0) is 43.5 Å². The fourth-order valence-electron chi connectivity index (χ4n) is 5.16. The van der Waals surface area contributed by atoms with Gasteiger partial charge < -0.3 is 48.5 Å². The topological polar surface area (TPSA) is 154 Å². The Morgan fingerprint density at radius 3 is 1.73 bits per heavy atom. The molecule has 2 aromatic carbocycles. The van der Waals surface area contributed by atoms with Crippen molar-refractivity contribution in [3.63, 3.8) is 0 Å². The van der Waals surface area contributed by atoms with E-state index in [9.17, 15) is 9.90 Å². The Bertz CT molecular complexity index is 1590. The summed E-state index contributed by atoms with van der Waals surface area (Å²) in [5, 5.41) is 9.47. The molecule has 0 radical (unpaired) electrons. The molecule has 51 heavy (non-hydrogen) atoms. The second kappa shape index (κ2) is 22.0. The Balaban J connectivity index is 0.000000343. The summed E-state index contributed by atoms with van der Waals surface area (Å²) >= 11 is 0. The maximum Gasteiger partial charge on any atom is 1.00 e. The first-order valence-corrected chi connectivity index (χ1v) is 16.5. The molecule has 2 aromatic heterocycles. The molecule has 1 N–H and O–H groups in total. The van der Waals surface area contributed by atoms with E-state index in [0.29, 0.717) is 35.6 Å². The van der Waals surface area contributed by atoms with Crippen molar-refractivity contribution in [2.24, 2.45) is 0 Å². The predicted molar refractivity (Wildman–Crippen MR) is 187 cm³/mol. The Hall–Kier alpha value is -3.14. The Morgan fingerprint density at radius 1 is 0.784 bits per heavy atom. The van der Waals surface area contributed by atoms with E-state index in [-0.39, 0.29) is 82.3 Å². The third-order valence-corrected chi connectivity index (χ3v) is 7.84. The van der Waals surface area contributed by atoms with Crippen molar-refractivity contribution in [3.05, 3.63) is 71.4 Å². The van der Waals surface area contributed by atoms with E-state index in [1.807, 2.05) is 36.4 Å². The number of ether oxygens (including phenoxy) is 7. The molecule has 2 saturated heterocycles. The molecule has 2 atom stereocenters. The average molecular weight is 719 g/mol. The van der Waals surface area contributed by atoms with Crippen LogP contribution in [0.4, 0.5) is 0 Å². The summed E-state index contributed by atoms with van der Waals surface area (Å²) in [6, 6.07) is 14.6. The molecule has 2 aliphatic heterocycles. The molecule has 2 fully saturated rings. The zero-order valence-electron chi connectivity index (χ0n) is 30.2. The molecular weight excluding hydrogens is 670 g/mol. The fourth-order valence-corrected chi connectivity index (χ4v) is 5.16. The van der Waals surface area contributed by atoms with E-state index < -0.39 is 5.97 Å². The van der Waals surface area contributed by atoms with Gasteiger partial charge in [0.25, 0.3) is 0 Å². The number of carbonyl (C=O) groups excluding carboxylic acids is 1. The number of benzene rings is 2. The predicted octanol–water partition coefficient (Wildman–Crippen LogP) is 2.39.